The lowest BCUT2D eigenvalue weighted by atomic mass is 10.0. The van der Waals surface area contributed by atoms with Gasteiger partial charge in [-0.2, -0.15) is 0 Å². The molecule has 1 unspecified atom stereocenters. The number of hydrogen-bond donors (Lipinski definition) is 3. The number of hydrogen-bond acceptors (Lipinski definition) is 5. The molecule has 0 aliphatic carbocycles. The van der Waals surface area contributed by atoms with Crippen molar-refractivity contribution in [2.75, 3.05) is 13.2 Å². The van der Waals surface area contributed by atoms with Crippen molar-refractivity contribution in [2.24, 2.45) is 4.99 Å². The van der Waals surface area contributed by atoms with Crippen LogP contribution in [-0.2, 0) is 6.54 Å². The van der Waals surface area contributed by atoms with Gasteiger partial charge in [0.15, 0.2) is 11.7 Å². The summed E-state index contributed by atoms with van der Waals surface area (Å²) < 4.78 is 11.0. The van der Waals surface area contributed by atoms with Gasteiger partial charge in [0, 0.05) is 18.5 Å². The molecule has 8 nitrogen and oxygen atoms in total. The maximum atomic E-state index is 5.73. The van der Waals surface area contributed by atoms with Crippen LogP contribution >= 0.6 is 0 Å². The first-order chi connectivity index (χ1) is 13.3. The van der Waals surface area contributed by atoms with Crippen LogP contribution < -0.4 is 15.4 Å². The van der Waals surface area contributed by atoms with E-state index >= 15 is 0 Å². The molecular weight excluding hydrogens is 344 g/mol. The van der Waals surface area contributed by atoms with Crippen molar-refractivity contribution in [1.82, 2.24) is 25.8 Å². The number of nitrogens with one attached hydrogen (secondary N) is 3. The van der Waals surface area contributed by atoms with E-state index in [-0.39, 0.29) is 6.04 Å². The molecule has 0 spiro atoms. The third kappa shape index (κ3) is 3.94. The number of rotatable bonds is 5. The highest BCUT2D eigenvalue weighted by atomic mass is 16.5. The second kappa shape index (κ2) is 7.94. The van der Waals surface area contributed by atoms with E-state index in [2.05, 4.69) is 36.9 Å². The predicted octanol–water partition coefficient (Wildman–Crippen LogP) is 2.64. The first-order valence-electron chi connectivity index (χ1n) is 9.05. The Labute approximate surface area is 157 Å². The normalized spacial score (nSPS) is 16.5. The van der Waals surface area contributed by atoms with Crippen molar-refractivity contribution < 1.29 is 9.15 Å². The fourth-order valence-electron chi connectivity index (χ4n) is 3.01. The van der Waals surface area contributed by atoms with E-state index in [0.29, 0.717) is 30.6 Å². The maximum Gasteiger partial charge on any atom is 0.216 e. The van der Waals surface area contributed by atoms with Crippen LogP contribution in [0.1, 0.15) is 30.8 Å². The van der Waals surface area contributed by atoms with Gasteiger partial charge in [-0.15, -0.1) is 5.10 Å². The zero-order chi connectivity index (χ0) is 18.5. The van der Waals surface area contributed by atoms with Crippen LogP contribution in [0.2, 0.25) is 0 Å². The van der Waals surface area contributed by atoms with Crippen molar-refractivity contribution in [2.45, 2.75) is 25.9 Å². The standard InChI is InChI=1S/C19H22N6O2/c1-2-20-19(22-14-9-11-27-15-7-4-3-6-13(14)15)21-12-17-23-18(25-24-17)16-8-5-10-26-16/h3-8,10,14H,2,9,11-12H2,1H3,(H2,20,21,22)(H,23,24,25). The number of guanidine groups is 1. The Hall–Kier alpha value is -3.29. The van der Waals surface area contributed by atoms with Gasteiger partial charge in [-0.1, -0.05) is 18.2 Å². The molecule has 0 bridgehead atoms. The van der Waals surface area contributed by atoms with E-state index < -0.39 is 0 Å². The molecule has 0 saturated carbocycles. The number of aromatic amines is 1. The number of para-hydroxylation sites is 1. The highest BCUT2D eigenvalue weighted by molar-refractivity contribution is 5.80. The monoisotopic (exact) mass is 366 g/mol. The summed E-state index contributed by atoms with van der Waals surface area (Å²) >= 11 is 0. The van der Waals surface area contributed by atoms with E-state index in [9.17, 15) is 0 Å². The van der Waals surface area contributed by atoms with Gasteiger partial charge in [-0.25, -0.2) is 9.98 Å². The highest BCUT2D eigenvalue weighted by Gasteiger charge is 2.21. The van der Waals surface area contributed by atoms with Crippen molar-refractivity contribution in [1.29, 1.82) is 0 Å². The Bertz CT molecular complexity index is 903. The van der Waals surface area contributed by atoms with E-state index in [1.54, 1.807) is 6.26 Å². The maximum absolute atomic E-state index is 5.73. The van der Waals surface area contributed by atoms with Gasteiger partial charge in [0.25, 0.3) is 0 Å². The molecule has 2 aromatic heterocycles. The molecule has 3 N–H and O–H groups in total. The van der Waals surface area contributed by atoms with Crippen LogP contribution in [0.3, 0.4) is 0 Å². The molecule has 3 heterocycles. The molecule has 0 radical (unpaired) electrons. The average molecular weight is 366 g/mol. The van der Waals surface area contributed by atoms with Crippen molar-refractivity contribution in [3.05, 3.63) is 54.0 Å². The van der Waals surface area contributed by atoms with Crippen LogP contribution in [0.4, 0.5) is 0 Å². The Morgan fingerprint density at radius 2 is 2.22 bits per heavy atom. The average Bonchev–Trinajstić information content (AvgIpc) is 3.38. The molecule has 0 saturated heterocycles. The molecule has 0 amide bonds. The van der Waals surface area contributed by atoms with Crippen LogP contribution in [0, 0.1) is 0 Å². The van der Waals surface area contributed by atoms with Gasteiger partial charge in [-0.3, -0.25) is 5.10 Å². The second-order valence-electron chi connectivity index (χ2n) is 6.15. The van der Waals surface area contributed by atoms with E-state index in [0.717, 1.165) is 30.2 Å². The number of ether oxygens (including phenoxy) is 1. The summed E-state index contributed by atoms with van der Waals surface area (Å²) in [5.74, 6) is 3.49. The number of benzene rings is 1. The fraction of sp³-hybridized carbons (Fsp3) is 0.316. The Morgan fingerprint density at radius 1 is 1.30 bits per heavy atom. The van der Waals surface area contributed by atoms with Gasteiger partial charge in [0.05, 0.1) is 18.9 Å². The van der Waals surface area contributed by atoms with Gasteiger partial charge >= 0.3 is 0 Å². The minimum absolute atomic E-state index is 0.154. The molecule has 1 aliphatic heterocycles. The fourth-order valence-corrected chi connectivity index (χ4v) is 3.01. The summed E-state index contributed by atoms with van der Waals surface area (Å²) in [4.78, 5) is 9.06. The minimum Gasteiger partial charge on any atom is -0.493 e. The van der Waals surface area contributed by atoms with Crippen molar-refractivity contribution in [3.63, 3.8) is 0 Å². The molecule has 1 aliphatic rings. The molecule has 1 atom stereocenters. The number of fused-ring (bicyclic) bond motifs is 1. The summed E-state index contributed by atoms with van der Waals surface area (Å²) in [6, 6.07) is 11.9. The van der Waals surface area contributed by atoms with Crippen LogP contribution in [0.15, 0.2) is 52.1 Å². The van der Waals surface area contributed by atoms with Gasteiger partial charge in [0.2, 0.25) is 5.82 Å². The third-order valence-corrected chi connectivity index (χ3v) is 4.27. The molecule has 4 rings (SSSR count). The zero-order valence-electron chi connectivity index (χ0n) is 15.1. The number of nitrogens with zero attached hydrogens (tertiary/aromatic N) is 3. The van der Waals surface area contributed by atoms with Gasteiger partial charge in [-0.05, 0) is 25.1 Å². The smallest absolute Gasteiger partial charge is 0.216 e. The summed E-state index contributed by atoms with van der Waals surface area (Å²) in [6.45, 7) is 3.87. The molecule has 3 aromatic rings. The molecule has 27 heavy (non-hydrogen) atoms. The topological polar surface area (TPSA) is 100 Å². The lowest BCUT2D eigenvalue weighted by Gasteiger charge is -2.28. The first kappa shape index (κ1) is 17.1. The van der Waals surface area contributed by atoms with Crippen LogP contribution in [0.25, 0.3) is 11.6 Å². The summed E-state index contributed by atoms with van der Waals surface area (Å²) in [7, 11) is 0. The van der Waals surface area contributed by atoms with E-state index in [4.69, 9.17) is 9.15 Å². The van der Waals surface area contributed by atoms with Crippen LogP contribution in [0.5, 0.6) is 5.75 Å². The number of aromatic nitrogens is 3. The van der Waals surface area contributed by atoms with Crippen LogP contribution in [-0.4, -0.2) is 34.3 Å². The highest BCUT2D eigenvalue weighted by Crippen LogP contribution is 2.31. The van der Waals surface area contributed by atoms with E-state index in [1.165, 1.54) is 0 Å². The molecular formula is C19H22N6O2. The SMILES string of the molecule is CCNC(=NCc1nc(-c2ccco2)n[nH]1)NC1CCOc2ccccc21. The lowest BCUT2D eigenvalue weighted by Crippen LogP contribution is -2.41. The predicted molar refractivity (Wildman–Crippen MR) is 101 cm³/mol. The Balaban J connectivity index is 1.47. The van der Waals surface area contributed by atoms with Gasteiger partial charge < -0.3 is 19.8 Å². The lowest BCUT2D eigenvalue weighted by molar-refractivity contribution is 0.261. The quantitative estimate of drug-likeness (QED) is 0.474. The second-order valence-corrected chi connectivity index (χ2v) is 6.15. The number of furan rings is 1. The first-order valence-corrected chi connectivity index (χ1v) is 9.05. The molecule has 1 aromatic carbocycles. The Morgan fingerprint density at radius 3 is 3.07 bits per heavy atom. The summed E-state index contributed by atoms with van der Waals surface area (Å²) in [6.07, 6.45) is 2.48. The van der Waals surface area contributed by atoms with Crippen molar-refractivity contribution >= 4 is 5.96 Å². The third-order valence-electron chi connectivity index (χ3n) is 4.27. The molecule has 8 heteroatoms. The Kier molecular flexibility index (Phi) is 5.04. The molecule has 140 valence electrons. The number of H-pyrrole nitrogens is 1. The molecule has 0 fully saturated rings. The van der Waals surface area contributed by atoms with Gasteiger partial charge in [0.1, 0.15) is 18.1 Å². The minimum atomic E-state index is 0.154. The summed E-state index contributed by atoms with van der Waals surface area (Å²) in [5, 5.41) is 13.9. The van der Waals surface area contributed by atoms with E-state index in [1.807, 2.05) is 37.3 Å². The zero-order valence-corrected chi connectivity index (χ0v) is 15.1. The summed E-state index contributed by atoms with van der Waals surface area (Å²) in [5.41, 5.74) is 1.15. The van der Waals surface area contributed by atoms with Crippen molar-refractivity contribution in [3.8, 4) is 17.3 Å². The largest absolute Gasteiger partial charge is 0.493 e. The number of aliphatic imine (C=N–C) groups is 1.